The van der Waals surface area contributed by atoms with Crippen LogP contribution < -0.4 is 0 Å². The first-order chi connectivity index (χ1) is 9.29. The van der Waals surface area contributed by atoms with Crippen molar-refractivity contribution in [3.63, 3.8) is 0 Å². The summed E-state index contributed by atoms with van der Waals surface area (Å²) >= 11 is 0. The summed E-state index contributed by atoms with van der Waals surface area (Å²) in [6, 6.07) is 12.8. The fraction of sp³-hybridized carbons (Fsp3) is 0.0667. The SMILES string of the molecule is C/C(=N/N=C/c1ccc(C=O)cc1)c1ccccn1. The molecule has 0 fully saturated rings. The minimum Gasteiger partial charge on any atom is -0.298 e. The molecule has 0 bridgehead atoms. The van der Waals surface area contributed by atoms with Crippen molar-refractivity contribution in [3.05, 3.63) is 65.5 Å². The zero-order valence-electron chi connectivity index (χ0n) is 10.5. The van der Waals surface area contributed by atoms with Crippen molar-refractivity contribution in [2.24, 2.45) is 10.2 Å². The Bertz CT molecular complexity index is 601. The van der Waals surface area contributed by atoms with Crippen LogP contribution in [0, 0.1) is 0 Å². The normalized spacial score (nSPS) is 11.7. The van der Waals surface area contributed by atoms with Crippen LogP contribution in [-0.4, -0.2) is 23.2 Å². The van der Waals surface area contributed by atoms with Gasteiger partial charge in [0.15, 0.2) is 0 Å². The summed E-state index contributed by atoms with van der Waals surface area (Å²) in [7, 11) is 0. The van der Waals surface area contributed by atoms with E-state index in [1.807, 2.05) is 37.3 Å². The summed E-state index contributed by atoms with van der Waals surface area (Å²) in [6.07, 6.45) is 4.17. The van der Waals surface area contributed by atoms with Gasteiger partial charge in [0.25, 0.3) is 0 Å². The fourth-order valence-electron chi connectivity index (χ4n) is 1.47. The Morgan fingerprint density at radius 3 is 2.47 bits per heavy atom. The van der Waals surface area contributed by atoms with E-state index in [-0.39, 0.29) is 0 Å². The molecule has 0 amide bonds. The van der Waals surface area contributed by atoms with Crippen LogP contribution in [0.5, 0.6) is 0 Å². The Hall–Kier alpha value is -2.62. The van der Waals surface area contributed by atoms with Crippen LogP contribution in [0.2, 0.25) is 0 Å². The van der Waals surface area contributed by atoms with Gasteiger partial charge in [0, 0.05) is 11.8 Å². The summed E-state index contributed by atoms with van der Waals surface area (Å²) < 4.78 is 0. The van der Waals surface area contributed by atoms with Crippen molar-refractivity contribution >= 4 is 18.2 Å². The number of aldehydes is 1. The number of carbonyl (C=O) groups excluding carboxylic acids is 1. The van der Waals surface area contributed by atoms with Crippen molar-refractivity contribution in [2.75, 3.05) is 0 Å². The molecule has 0 radical (unpaired) electrons. The Morgan fingerprint density at radius 2 is 1.84 bits per heavy atom. The second-order valence-corrected chi connectivity index (χ2v) is 3.93. The third-order valence-corrected chi connectivity index (χ3v) is 2.52. The Kier molecular flexibility index (Phi) is 4.29. The minimum absolute atomic E-state index is 0.644. The summed E-state index contributed by atoms with van der Waals surface area (Å²) in [4.78, 5) is 14.7. The lowest BCUT2D eigenvalue weighted by Crippen LogP contribution is -1.96. The predicted molar refractivity (Wildman–Crippen MR) is 75.9 cm³/mol. The molecule has 2 aromatic rings. The van der Waals surface area contributed by atoms with E-state index in [4.69, 9.17) is 0 Å². The first-order valence-corrected chi connectivity index (χ1v) is 5.84. The van der Waals surface area contributed by atoms with Crippen LogP contribution in [0.15, 0.2) is 58.9 Å². The molecule has 0 saturated carbocycles. The van der Waals surface area contributed by atoms with E-state index in [0.29, 0.717) is 5.56 Å². The molecule has 2 rings (SSSR count). The van der Waals surface area contributed by atoms with Crippen molar-refractivity contribution in [2.45, 2.75) is 6.92 Å². The highest BCUT2D eigenvalue weighted by molar-refractivity contribution is 5.97. The minimum atomic E-state index is 0.644. The monoisotopic (exact) mass is 251 g/mol. The maximum Gasteiger partial charge on any atom is 0.150 e. The molecule has 4 heteroatoms. The summed E-state index contributed by atoms with van der Waals surface area (Å²) in [5, 5.41) is 8.09. The number of aromatic nitrogens is 1. The Labute approximate surface area is 111 Å². The summed E-state index contributed by atoms with van der Waals surface area (Å²) in [6.45, 7) is 1.86. The largest absolute Gasteiger partial charge is 0.298 e. The van der Waals surface area contributed by atoms with Gasteiger partial charge in [-0.2, -0.15) is 10.2 Å². The molecule has 4 nitrogen and oxygen atoms in total. The van der Waals surface area contributed by atoms with Gasteiger partial charge in [-0.05, 0) is 24.6 Å². The third kappa shape index (κ3) is 3.67. The molecule has 1 aromatic carbocycles. The topological polar surface area (TPSA) is 54.7 Å². The molecule has 0 N–H and O–H groups in total. The molecule has 0 aliphatic carbocycles. The van der Waals surface area contributed by atoms with Gasteiger partial charge in [-0.25, -0.2) is 0 Å². The number of hydrogen-bond acceptors (Lipinski definition) is 4. The van der Waals surface area contributed by atoms with Gasteiger partial charge in [-0.3, -0.25) is 9.78 Å². The molecular weight excluding hydrogens is 238 g/mol. The lowest BCUT2D eigenvalue weighted by Gasteiger charge is -1.95. The van der Waals surface area contributed by atoms with Crippen LogP contribution in [0.1, 0.15) is 28.5 Å². The molecule has 1 aromatic heterocycles. The van der Waals surface area contributed by atoms with Gasteiger partial charge in [0.2, 0.25) is 0 Å². The van der Waals surface area contributed by atoms with Crippen molar-refractivity contribution in [1.29, 1.82) is 0 Å². The van der Waals surface area contributed by atoms with Gasteiger partial charge in [-0.15, -0.1) is 0 Å². The molecule has 0 aliphatic heterocycles. The predicted octanol–water partition coefficient (Wildman–Crippen LogP) is 2.74. The van der Waals surface area contributed by atoms with Gasteiger partial charge >= 0.3 is 0 Å². The molecule has 0 saturated heterocycles. The first kappa shape index (κ1) is 12.8. The van der Waals surface area contributed by atoms with E-state index in [0.717, 1.165) is 23.3 Å². The van der Waals surface area contributed by atoms with Crippen LogP contribution >= 0.6 is 0 Å². The van der Waals surface area contributed by atoms with E-state index in [1.165, 1.54) is 0 Å². The number of carbonyl (C=O) groups is 1. The zero-order valence-corrected chi connectivity index (χ0v) is 10.5. The number of rotatable bonds is 4. The highest BCUT2D eigenvalue weighted by Crippen LogP contribution is 2.01. The first-order valence-electron chi connectivity index (χ1n) is 5.84. The number of hydrogen-bond donors (Lipinski definition) is 0. The van der Waals surface area contributed by atoms with Gasteiger partial charge in [-0.1, -0.05) is 30.3 Å². The molecule has 0 aliphatic rings. The van der Waals surface area contributed by atoms with Gasteiger partial charge in [0.1, 0.15) is 6.29 Å². The maximum atomic E-state index is 10.5. The average Bonchev–Trinajstić information content (AvgIpc) is 2.49. The van der Waals surface area contributed by atoms with Crippen molar-refractivity contribution in [1.82, 2.24) is 4.98 Å². The van der Waals surface area contributed by atoms with Gasteiger partial charge in [0.05, 0.1) is 17.6 Å². The molecule has 0 spiro atoms. The van der Waals surface area contributed by atoms with Crippen molar-refractivity contribution < 1.29 is 4.79 Å². The fourth-order valence-corrected chi connectivity index (χ4v) is 1.47. The summed E-state index contributed by atoms with van der Waals surface area (Å²) in [5.41, 5.74) is 3.09. The quantitative estimate of drug-likeness (QED) is 0.476. The molecule has 0 unspecified atom stereocenters. The van der Waals surface area contributed by atoms with E-state index >= 15 is 0 Å². The second-order valence-electron chi connectivity index (χ2n) is 3.93. The van der Waals surface area contributed by atoms with E-state index < -0.39 is 0 Å². The van der Waals surface area contributed by atoms with E-state index in [2.05, 4.69) is 15.2 Å². The highest BCUT2D eigenvalue weighted by Gasteiger charge is 1.95. The average molecular weight is 251 g/mol. The second kappa shape index (κ2) is 6.35. The lowest BCUT2D eigenvalue weighted by atomic mass is 10.2. The number of nitrogens with zero attached hydrogens (tertiary/aromatic N) is 3. The van der Waals surface area contributed by atoms with Crippen LogP contribution in [0.4, 0.5) is 0 Å². The number of benzene rings is 1. The zero-order chi connectivity index (χ0) is 13.5. The van der Waals surface area contributed by atoms with Gasteiger partial charge < -0.3 is 0 Å². The third-order valence-electron chi connectivity index (χ3n) is 2.52. The standard InChI is InChI=1S/C15H13N3O/c1-12(15-4-2-3-9-16-15)18-17-10-13-5-7-14(11-19)8-6-13/h2-11H,1H3/b17-10+,18-12-. The highest BCUT2D eigenvalue weighted by atomic mass is 16.1. The van der Waals surface area contributed by atoms with E-state index in [9.17, 15) is 4.79 Å². The number of pyridine rings is 1. The smallest absolute Gasteiger partial charge is 0.150 e. The van der Waals surface area contributed by atoms with Crippen LogP contribution in [0.25, 0.3) is 0 Å². The maximum absolute atomic E-state index is 10.5. The van der Waals surface area contributed by atoms with Crippen molar-refractivity contribution in [3.8, 4) is 0 Å². The molecule has 94 valence electrons. The van der Waals surface area contributed by atoms with E-state index in [1.54, 1.807) is 24.5 Å². The Morgan fingerprint density at radius 1 is 1.11 bits per heavy atom. The lowest BCUT2D eigenvalue weighted by molar-refractivity contribution is 0.112. The van der Waals surface area contributed by atoms with Crippen LogP contribution in [0.3, 0.4) is 0 Å². The molecule has 0 atom stereocenters. The molecular formula is C15H13N3O. The molecule has 19 heavy (non-hydrogen) atoms. The summed E-state index contributed by atoms with van der Waals surface area (Å²) in [5.74, 6) is 0. The molecule has 1 heterocycles. The van der Waals surface area contributed by atoms with Crippen LogP contribution in [-0.2, 0) is 0 Å². The Balaban J connectivity index is 2.08.